The molecule has 2 aromatic rings. The van der Waals surface area contributed by atoms with Gasteiger partial charge in [-0.2, -0.15) is 0 Å². The van der Waals surface area contributed by atoms with Gasteiger partial charge < -0.3 is 10.1 Å². The van der Waals surface area contributed by atoms with Gasteiger partial charge in [-0.05, 0) is 17.7 Å². The molecule has 0 atom stereocenters. The predicted octanol–water partition coefficient (Wildman–Crippen LogP) is 3.67. The van der Waals surface area contributed by atoms with Gasteiger partial charge in [0.2, 0.25) is 5.88 Å². The first kappa shape index (κ1) is 15.3. The van der Waals surface area contributed by atoms with E-state index in [1.165, 1.54) is 5.56 Å². The van der Waals surface area contributed by atoms with Crippen LogP contribution in [0.15, 0.2) is 54.6 Å². The molecule has 1 N–H and O–H groups in total. The average molecular weight is 282 g/mol. The lowest BCUT2D eigenvalue weighted by Crippen LogP contribution is -2.22. The largest absolute Gasteiger partial charge is 0.473 e. The minimum Gasteiger partial charge on any atom is -0.473 e. The number of aromatic nitrogens is 1. The maximum atomic E-state index is 5.65. The minimum atomic E-state index is 0.449. The number of pyridine rings is 1. The zero-order valence-electron chi connectivity index (χ0n) is 12.6. The van der Waals surface area contributed by atoms with Crippen molar-refractivity contribution in [2.24, 2.45) is 0 Å². The van der Waals surface area contributed by atoms with Gasteiger partial charge in [0.25, 0.3) is 0 Å². The molecule has 110 valence electrons. The molecular formula is C18H22N2O. The summed E-state index contributed by atoms with van der Waals surface area (Å²) in [5.41, 5.74) is 2.16. The molecule has 3 nitrogen and oxygen atoms in total. The number of benzene rings is 1. The van der Waals surface area contributed by atoms with Gasteiger partial charge in [-0.25, -0.2) is 4.98 Å². The van der Waals surface area contributed by atoms with E-state index in [1.807, 2.05) is 48.6 Å². The summed E-state index contributed by atoms with van der Waals surface area (Å²) in [5, 5.41) is 3.35. The van der Waals surface area contributed by atoms with Crippen molar-refractivity contribution in [3.63, 3.8) is 0 Å². The van der Waals surface area contributed by atoms with Crippen molar-refractivity contribution in [3.8, 4) is 5.88 Å². The first-order valence-electron chi connectivity index (χ1n) is 7.28. The van der Waals surface area contributed by atoms with E-state index >= 15 is 0 Å². The Morgan fingerprint density at radius 3 is 2.67 bits per heavy atom. The minimum absolute atomic E-state index is 0.449. The zero-order valence-corrected chi connectivity index (χ0v) is 12.6. The molecule has 0 bridgehead atoms. The van der Waals surface area contributed by atoms with Crippen molar-refractivity contribution in [2.75, 3.05) is 6.61 Å². The summed E-state index contributed by atoms with van der Waals surface area (Å²) in [5.74, 6) is 0.663. The van der Waals surface area contributed by atoms with E-state index in [-0.39, 0.29) is 0 Å². The molecule has 0 saturated heterocycles. The van der Waals surface area contributed by atoms with E-state index in [0.717, 1.165) is 12.2 Å². The number of nitrogens with one attached hydrogen (secondary N) is 1. The summed E-state index contributed by atoms with van der Waals surface area (Å²) in [6, 6.07) is 16.5. The fourth-order valence-electron chi connectivity index (χ4n) is 1.83. The maximum Gasteiger partial charge on any atom is 0.213 e. The van der Waals surface area contributed by atoms with E-state index < -0.39 is 0 Å². The van der Waals surface area contributed by atoms with Gasteiger partial charge in [-0.15, -0.1) is 0 Å². The lowest BCUT2D eigenvalue weighted by molar-refractivity contribution is 0.347. The van der Waals surface area contributed by atoms with Crippen LogP contribution in [-0.4, -0.2) is 17.6 Å². The number of hydrogen-bond donors (Lipinski definition) is 1. The molecule has 0 saturated carbocycles. The van der Waals surface area contributed by atoms with E-state index in [9.17, 15) is 0 Å². The lowest BCUT2D eigenvalue weighted by atomic mass is 10.2. The topological polar surface area (TPSA) is 34.1 Å². The summed E-state index contributed by atoms with van der Waals surface area (Å²) in [6.07, 6.45) is 4.04. The normalized spacial score (nSPS) is 11.2. The number of rotatable bonds is 7. The highest BCUT2D eigenvalue weighted by Gasteiger charge is 1.99. The molecule has 0 unspecified atom stereocenters. The maximum absolute atomic E-state index is 5.65. The third kappa shape index (κ3) is 5.79. The Hall–Kier alpha value is -2.13. The molecule has 2 rings (SSSR count). The zero-order chi connectivity index (χ0) is 14.9. The van der Waals surface area contributed by atoms with Crippen molar-refractivity contribution in [1.82, 2.24) is 10.3 Å². The van der Waals surface area contributed by atoms with Crippen LogP contribution in [0.1, 0.15) is 25.1 Å². The van der Waals surface area contributed by atoms with E-state index in [4.69, 9.17) is 4.74 Å². The fourth-order valence-corrected chi connectivity index (χ4v) is 1.83. The number of hydrogen-bond acceptors (Lipinski definition) is 3. The van der Waals surface area contributed by atoms with Crippen LogP contribution in [0.3, 0.4) is 0 Å². The third-order valence-electron chi connectivity index (χ3n) is 2.91. The number of nitrogens with zero attached hydrogens (tertiary/aromatic N) is 1. The monoisotopic (exact) mass is 282 g/mol. The first-order valence-corrected chi connectivity index (χ1v) is 7.28. The summed E-state index contributed by atoms with van der Waals surface area (Å²) >= 11 is 0. The lowest BCUT2D eigenvalue weighted by Gasteiger charge is -2.08. The number of ether oxygens (including phenoxy) is 1. The van der Waals surface area contributed by atoms with Crippen LogP contribution in [-0.2, 0) is 6.54 Å². The predicted molar refractivity (Wildman–Crippen MR) is 87.2 cm³/mol. The summed E-state index contributed by atoms with van der Waals surface area (Å²) in [4.78, 5) is 4.47. The molecule has 0 aliphatic carbocycles. The third-order valence-corrected chi connectivity index (χ3v) is 2.91. The molecule has 0 aliphatic heterocycles. The van der Waals surface area contributed by atoms with Gasteiger partial charge in [-0.3, -0.25) is 0 Å². The molecule has 0 radical (unpaired) electrons. The van der Waals surface area contributed by atoms with Gasteiger partial charge >= 0.3 is 0 Å². The van der Waals surface area contributed by atoms with Gasteiger partial charge in [0, 0.05) is 18.7 Å². The van der Waals surface area contributed by atoms with Crippen LogP contribution in [0.5, 0.6) is 5.88 Å². The second-order valence-electron chi connectivity index (χ2n) is 5.13. The molecular weight excluding hydrogens is 260 g/mol. The van der Waals surface area contributed by atoms with E-state index in [0.29, 0.717) is 18.5 Å². The van der Waals surface area contributed by atoms with Crippen LogP contribution in [0, 0.1) is 0 Å². The molecule has 0 spiro atoms. The summed E-state index contributed by atoms with van der Waals surface area (Å²) < 4.78 is 5.65. The second-order valence-corrected chi connectivity index (χ2v) is 5.13. The molecule has 0 aliphatic rings. The molecule has 21 heavy (non-hydrogen) atoms. The molecule has 3 heteroatoms. The van der Waals surface area contributed by atoms with E-state index in [2.05, 4.69) is 36.3 Å². The van der Waals surface area contributed by atoms with Crippen molar-refractivity contribution in [2.45, 2.75) is 26.4 Å². The fraction of sp³-hybridized carbons (Fsp3) is 0.278. The smallest absolute Gasteiger partial charge is 0.213 e. The Kier molecular flexibility index (Phi) is 5.98. The van der Waals surface area contributed by atoms with Gasteiger partial charge in [-0.1, -0.05) is 56.3 Å². The van der Waals surface area contributed by atoms with Crippen LogP contribution in [0.25, 0.3) is 6.08 Å². The first-order chi connectivity index (χ1) is 10.2. The highest BCUT2D eigenvalue weighted by atomic mass is 16.5. The van der Waals surface area contributed by atoms with Gasteiger partial charge in [0.15, 0.2) is 0 Å². The summed E-state index contributed by atoms with van der Waals surface area (Å²) in [7, 11) is 0. The van der Waals surface area contributed by atoms with Crippen molar-refractivity contribution in [1.29, 1.82) is 0 Å². The highest BCUT2D eigenvalue weighted by molar-refractivity contribution is 5.48. The average Bonchev–Trinajstić information content (AvgIpc) is 2.51. The molecule has 0 fully saturated rings. The molecule has 1 aromatic carbocycles. The molecule has 0 amide bonds. The quantitative estimate of drug-likeness (QED) is 0.841. The van der Waals surface area contributed by atoms with Crippen LogP contribution in [0.4, 0.5) is 0 Å². The van der Waals surface area contributed by atoms with Crippen LogP contribution >= 0.6 is 0 Å². The van der Waals surface area contributed by atoms with Crippen molar-refractivity contribution in [3.05, 3.63) is 65.9 Å². The van der Waals surface area contributed by atoms with Crippen LogP contribution in [0.2, 0.25) is 0 Å². The Labute approximate surface area is 126 Å². The van der Waals surface area contributed by atoms with Crippen LogP contribution < -0.4 is 10.1 Å². The van der Waals surface area contributed by atoms with Gasteiger partial charge in [0.1, 0.15) is 6.61 Å². The Morgan fingerprint density at radius 1 is 1.10 bits per heavy atom. The summed E-state index contributed by atoms with van der Waals surface area (Å²) in [6.45, 7) is 5.52. The SMILES string of the molecule is CC(C)NCc1cccc(OCC=Cc2ccccc2)n1. The Balaban J connectivity index is 1.83. The highest BCUT2D eigenvalue weighted by Crippen LogP contribution is 2.08. The second kappa shape index (κ2) is 8.22. The van der Waals surface area contributed by atoms with E-state index in [1.54, 1.807) is 0 Å². The Morgan fingerprint density at radius 2 is 1.90 bits per heavy atom. The molecule has 1 aromatic heterocycles. The van der Waals surface area contributed by atoms with Crippen molar-refractivity contribution < 1.29 is 4.74 Å². The van der Waals surface area contributed by atoms with Crippen molar-refractivity contribution >= 4 is 6.08 Å². The Bertz CT molecular complexity index is 564. The van der Waals surface area contributed by atoms with Gasteiger partial charge in [0.05, 0.1) is 5.69 Å². The standard InChI is InChI=1S/C18H22N2O/c1-15(2)19-14-17-11-6-12-18(20-17)21-13-7-10-16-8-4-3-5-9-16/h3-12,15,19H,13-14H2,1-2H3. The molecule has 1 heterocycles.